The van der Waals surface area contributed by atoms with Crippen molar-refractivity contribution in [3.63, 3.8) is 0 Å². The van der Waals surface area contributed by atoms with Gasteiger partial charge < -0.3 is 9.73 Å². The quantitative estimate of drug-likeness (QED) is 0.729. The number of hydrogen-bond acceptors (Lipinski definition) is 4. The molecule has 0 aliphatic heterocycles. The van der Waals surface area contributed by atoms with Gasteiger partial charge in [-0.2, -0.15) is 0 Å². The van der Waals surface area contributed by atoms with E-state index in [1.807, 2.05) is 12.1 Å². The molecule has 0 saturated carbocycles. The number of anilines is 2. The fourth-order valence-corrected chi connectivity index (χ4v) is 0.856. The Morgan fingerprint density at radius 1 is 1.25 bits per heavy atom. The first kappa shape index (κ1) is 6.84. The molecule has 0 aromatic carbocycles. The van der Waals surface area contributed by atoms with E-state index in [9.17, 15) is 0 Å². The first-order valence-electron chi connectivity index (χ1n) is 3.51. The Morgan fingerprint density at radius 2 is 2.25 bits per heavy atom. The molecule has 1 N–H and O–H groups in total. The first-order chi connectivity index (χ1) is 5.95. The summed E-state index contributed by atoms with van der Waals surface area (Å²) < 4.78 is 4.99. The monoisotopic (exact) mass is 161 g/mol. The fraction of sp³-hybridized carbons (Fsp3) is 0. The summed E-state index contributed by atoms with van der Waals surface area (Å²) >= 11 is 0. The van der Waals surface area contributed by atoms with E-state index in [0.29, 0.717) is 5.88 Å². The SMILES string of the molecule is c1cncc(Nc2cnco2)c1. The minimum atomic E-state index is 0.614. The zero-order chi connectivity index (χ0) is 8.23. The molecule has 0 aliphatic rings. The van der Waals surface area contributed by atoms with Crippen molar-refractivity contribution in [2.24, 2.45) is 0 Å². The van der Waals surface area contributed by atoms with E-state index in [-0.39, 0.29) is 0 Å². The van der Waals surface area contributed by atoms with Crippen molar-refractivity contribution in [3.05, 3.63) is 37.1 Å². The molecule has 0 atom stereocenters. The Morgan fingerprint density at radius 3 is 2.92 bits per heavy atom. The van der Waals surface area contributed by atoms with E-state index in [1.54, 1.807) is 18.6 Å². The summed E-state index contributed by atoms with van der Waals surface area (Å²) in [6.07, 6.45) is 6.40. The van der Waals surface area contributed by atoms with E-state index < -0.39 is 0 Å². The molecule has 60 valence electrons. The maximum absolute atomic E-state index is 4.99. The van der Waals surface area contributed by atoms with Crippen molar-refractivity contribution in [2.75, 3.05) is 5.32 Å². The summed E-state index contributed by atoms with van der Waals surface area (Å²) in [6.45, 7) is 0. The van der Waals surface area contributed by atoms with E-state index in [1.165, 1.54) is 6.39 Å². The summed E-state index contributed by atoms with van der Waals surface area (Å²) in [5.41, 5.74) is 0.884. The number of pyridine rings is 1. The second kappa shape index (κ2) is 3.04. The highest BCUT2D eigenvalue weighted by molar-refractivity contribution is 5.51. The summed E-state index contributed by atoms with van der Waals surface area (Å²) in [5, 5.41) is 2.99. The highest BCUT2D eigenvalue weighted by Crippen LogP contribution is 2.12. The lowest BCUT2D eigenvalue weighted by Gasteiger charge is -1.98. The number of hydrogen-bond donors (Lipinski definition) is 1. The summed E-state index contributed by atoms with van der Waals surface area (Å²) in [7, 11) is 0. The largest absolute Gasteiger partial charge is 0.428 e. The predicted molar refractivity (Wildman–Crippen MR) is 44.0 cm³/mol. The minimum absolute atomic E-state index is 0.614. The maximum atomic E-state index is 4.99. The fourth-order valence-electron chi connectivity index (χ4n) is 0.856. The molecule has 2 heterocycles. The van der Waals surface area contributed by atoms with Gasteiger partial charge in [0, 0.05) is 6.20 Å². The van der Waals surface area contributed by atoms with Crippen molar-refractivity contribution in [1.82, 2.24) is 9.97 Å². The zero-order valence-corrected chi connectivity index (χ0v) is 6.27. The zero-order valence-electron chi connectivity index (χ0n) is 6.27. The highest BCUT2D eigenvalue weighted by atomic mass is 16.4. The molecular weight excluding hydrogens is 154 g/mol. The summed E-state index contributed by atoms with van der Waals surface area (Å²) in [5.74, 6) is 0.614. The third kappa shape index (κ3) is 1.42. The molecule has 0 radical (unpaired) electrons. The van der Waals surface area contributed by atoms with Gasteiger partial charge >= 0.3 is 0 Å². The highest BCUT2D eigenvalue weighted by Gasteiger charge is 1.94. The molecule has 0 saturated heterocycles. The van der Waals surface area contributed by atoms with Gasteiger partial charge in [0.25, 0.3) is 0 Å². The Balaban J connectivity index is 2.15. The summed E-state index contributed by atoms with van der Waals surface area (Å²) in [4.78, 5) is 7.71. The summed E-state index contributed by atoms with van der Waals surface area (Å²) in [6, 6.07) is 3.74. The van der Waals surface area contributed by atoms with Gasteiger partial charge in [0.1, 0.15) is 0 Å². The van der Waals surface area contributed by atoms with Crippen molar-refractivity contribution in [1.29, 1.82) is 0 Å². The number of oxazole rings is 1. The topological polar surface area (TPSA) is 51.0 Å². The van der Waals surface area contributed by atoms with E-state index in [2.05, 4.69) is 15.3 Å². The van der Waals surface area contributed by atoms with Crippen LogP contribution in [0.2, 0.25) is 0 Å². The van der Waals surface area contributed by atoms with Gasteiger partial charge in [0.05, 0.1) is 18.1 Å². The minimum Gasteiger partial charge on any atom is -0.428 e. The third-order valence-corrected chi connectivity index (χ3v) is 1.36. The molecule has 4 heteroatoms. The van der Waals surface area contributed by atoms with Crippen molar-refractivity contribution >= 4 is 11.6 Å². The molecule has 4 nitrogen and oxygen atoms in total. The van der Waals surface area contributed by atoms with Crippen molar-refractivity contribution < 1.29 is 4.42 Å². The first-order valence-corrected chi connectivity index (χ1v) is 3.51. The van der Waals surface area contributed by atoms with Crippen LogP contribution in [-0.4, -0.2) is 9.97 Å². The molecule has 2 aromatic rings. The predicted octanol–water partition coefficient (Wildman–Crippen LogP) is 1.81. The van der Waals surface area contributed by atoms with Crippen LogP contribution in [0.15, 0.2) is 41.5 Å². The second-order valence-corrected chi connectivity index (χ2v) is 2.23. The van der Waals surface area contributed by atoms with Crippen molar-refractivity contribution in [3.8, 4) is 0 Å². The van der Waals surface area contributed by atoms with E-state index >= 15 is 0 Å². The van der Waals surface area contributed by atoms with Crippen LogP contribution < -0.4 is 5.32 Å². The standard InChI is InChI=1S/C8H7N3O/c1-2-7(4-9-3-1)11-8-5-10-6-12-8/h1-6,11H. The van der Waals surface area contributed by atoms with E-state index in [0.717, 1.165) is 5.69 Å². The molecular formula is C8H7N3O. The molecule has 0 fully saturated rings. The molecule has 0 unspecified atom stereocenters. The molecule has 12 heavy (non-hydrogen) atoms. The van der Waals surface area contributed by atoms with Crippen molar-refractivity contribution in [2.45, 2.75) is 0 Å². The number of rotatable bonds is 2. The van der Waals surface area contributed by atoms with Crippen LogP contribution in [0.25, 0.3) is 0 Å². The average Bonchev–Trinajstić information content (AvgIpc) is 2.59. The third-order valence-electron chi connectivity index (χ3n) is 1.36. The average molecular weight is 161 g/mol. The lowest BCUT2D eigenvalue weighted by atomic mass is 10.4. The normalized spacial score (nSPS) is 9.67. The second-order valence-electron chi connectivity index (χ2n) is 2.23. The molecule has 0 spiro atoms. The Bertz CT molecular complexity index is 330. The van der Waals surface area contributed by atoms with Gasteiger partial charge in [-0.3, -0.25) is 4.98 Å². The van der Waals surface area contributed by atoms with Gasteiger partial charge in [-0.1, -0.05) is 0 Å². The Labute approximate surface area is 69.3 Å². The van der Waals surface area contributed by atoms with Gasteiger partial charge in [-0.05, 0) is 12.1 Å². The van der Waals surface area contributed by atoms with Gasteiger partial charge in [-0.25, -0.2) is 4.98 Å². The van der Waals surface area contributed by atoms with Crippen LogP contribution in [0.4, 0.5) is 11.6 Å². The lowest BCUT2D eigenvalue weighted by Crippen LogP contribution is -1.87. The van der Waals surface area contributed by atoms with Crippen LogP contribution in [0.1, 0.15) is 0 Å². The Hall–Kier alpha value is -1.84. The van der Waals surface area contributed by atoms with Crippen LogP contribution in [-0.2, 0) is 0 Å². The molecule has 2 rings (SSSR count). The Kier molecular flexibility index (Phi) is 1.74. The van der Waals surface area contributed by atoms with Crippen LogP contribution in [0.3, 0.4) is 0 Å². The molecule has 0 amide bonds. The van der Waals surface area contributed by atoms with Crippen LogP contribution >= 0.6 is 0 Å². The smallest absolute Gasteiger partial charge is 0.217 e. The molecule has 2 aromatic heterocycles. The van der Waals surface area contributed by atoms with Gasteiger partial charge in [-0.15, -0.1) is 0 Å². The number of aromatic nitrogens is 2. The molecule has 0 bridgehead atoms. The number of nitrogens with zero attached hydrogens (tertiary/aromatic N) is 2. The molecule has 0 aliphatic carbocycles. The maximum Gasteiger partial charge on any atom is 0.217 e. The van der Waals surface area contributed by atoms with Gasteiger partial charge in [0.2, 0.25) is 5.88 Å². The van der Waals surface area contributed by atoms with E-state index in [4.69, 9.17) is 4.42 Å². The number of nitrogens with one attached hydrogen (secondary N) is 1. The lowest BCUT2D eigenvalue weighted by molar-refractivity contribution is 0.575. The van der Waals surface area contributed by atoms with Crippen LogP contribution in [0.5, 0.6) is 0 Å². The van der Waals surface area contributed by atoms with Crippen LogP contribution in [0, 0.1) is 0 Å². The van der Waals surface area contributed by atoms with Gasteiger partial charge in [0.15, 0.2) is 6.39 Å².